The quantitative estimate of drug-likeness (QED) is 0.764. The number of hydrogen-bond acceptors (Lipinski definition) is 5. The summed E-state index contributed by atoms with van der Waals surface area (Å²) in [6.07, 6.45) is 0. The van der Waals surface area contributed by atoms with E-state index >= 15 is 0 Å². The molecule has 7 heteroatoms. The van der Waals surface area contributed by atoms with Crippen LogP contribution in [0.25, 0.3) is 11.1 Å². The summed E-state index contributed by atoms with van der Waals surface area (Å²) < 4.78 is 10.2. The zero-order chi connectivity index (χ0) is 16.9. The normalized spacial score (nSPS) is 10.4. The Morgan fingerprint density at radius 2 is 2.00 bits per heavy atom. The molecule has 0 radical (unpaired) electrons. The van der Waals surface area contributed by atoms with Crippen LogP contribution in [0.2, 0.25) is 5.02 Å². The van der Waals surface area contributed by atoms with E-state index in [0.717, 1.165) is 11.1 Å². The van der Waals surface area contributed by atoms with Crippen LogP contribution in [0.5, 0.6) is 5.75 Å². The molecular weight excluding hydrogens is 330 g/mol. The predicted octanol–water partition coefficient (Wildman–Crippen LogP) is 3.72. The number of amides is 1. The summed E-state index contributed by atoms with van der Waals surface area (Å²) in [5, 5.41) is 6.45. The topological polar surface area (TPSA) is 77.2 Å². The van der Waals surface area contributed by atoms with E-state index in [2.05, 4.69) is 15.5 Å². The van der Waals surface area contributed by atoms with Gasteiger partial charge in [0.15, 0.2) is 12.4 Å². The molecule has 24 heavy (non-hydrogen) atoms. The molecule has 3 aromatic rings. The van der Waals surface area contributed by atoms with Crippen molar-refractivity contribution in [3.63, 3.8) is 0 Å². The van der Waals surface area contributed by atoms with Gasteiger partial charge in [0.05, 0.1) is 5.02 Å². The molecular formula is C17H14ClN3O3. The maximum atomic E-state index is 11.8. The Bertz CT molecular complexity index is 849. The molecule has 2 aromatic carbocycles. The predicted molar refractivity (Wildman–Crippen MR) is 90.0 cm³/mol. The highest BCUT2D eigenvalue weighted by molar-refractivity contribution is 6.32. The van der Waals surface area contributed by atoms with E-state index in [1.165, 1.54) is 0 Å². The van der Waals surface area contributed by atoms with Crippen LogP contribution in [0.3, 0.4) is 0 Å². The molecule has 1 heterocycles. The van der Waals surface area contributed by atoms with E-state index in [4.69, 9.17) is 20.9 Å². The maximum Gasteiger partial charge on any atom is 0.328 e. The number of aryl methyl sites for hydroxylation is 1. The van der Waals surface area contributed by atoms with Crippen LogP contribution in [0, 0.1) is 6.92 Å². The fourth-order valence-electron chi connectivity index (χ4n) is 2.07. The summed E-state index contributed by atoms with van der Waals surface area (Å²) in [5.41, 5.74) is 2.02. The Balaban J connectivity index is 1.62. The molecule has 0 atom stereocenters. The molecule has 0 aliphatic rings. The number of rotatable bonds is 5. The average molecular weight is 344 g/mol. The minimum Gasteiger partial charge on any atom is -0.482 e. The highest BCUT2D eigenvalue weighted by Gasteiger charge is 2.10. The number of nitrogens with zero attached hydrogens (tertiary/aromatic N) is 2. The summed E-state index contributed by atoms with van der Waals surface area (Å²) in [6, 6.07) is 15.3. The Morgan fingerprint density at radius 1 is 1.21 bits per heavy atom. The summed E-state index contributed by atoms with van der Waals surface area (Å²) >= 11 is 6.23. The van der Waals surface area contributed by atoms with Gasteiger partial charge in [0, 0.05) is 0 Å². The molecule has 0 saturated carbocycles. The van der Waals surface area contributed by atoms with Gasteiger partial charge in [0.2, 0.25) is 0 Å². The zero-order valence-corrected chi connectivity index (χ0v) is 13.6. The molecule has 6 nitrogen and oxygen atoms in total. The number of carbonyl (C=O) groups is 1. The van der Waals surface area contributed by atoms with E-state index in [9.17, 15) is 4.79 Å². The fourth-order valence-corrected chi connectivity index (χ4v) is 2.31. The number of ether oxygens (including phenoxy) is 1. The first-order valence-corrected chi connectivity index (χ1v) is 7.57. The molecule has 0 spiro atoms. The second-order valence-electron chi connectivity index (χ2n) is 4.99. The van der Waals surface area contributed by atoms with E-state index in [1.807, 2.05) is 36.4 Å². The first-order chi connectivity index (χ1) is 11.6. The van der Waals surface area contributed by atoms with Gasteiger partial charge in [-0.2, -0.15) is 4.98 Å². The molecule has 0 aliphatic heterocycles. The summed E-state index contributed by atoms with van der Waals surface area (Å²) in [5.74, 6) is 0.445. The van der Waals surface area contributed by atoms with Gasteiger partial charge in [0.25, 0.3) is 5.91 Å². The van der Waals surface area contributed by atoms with Gasteiger partial charge in [0.1, 0.15) is 5.75 Å². The first kappa shape index (κ1) is 16.0. The molecule has 3 rings (SSSR count). The summed E-state index contributed by atoms with van der Waals surface area (Å²) in [4.78, 5) is 15.7. The minimum absolute atomic E-state index is 0.0339. The number of hydrogen-bond donors (Lipinski definition) is 1. The van der Waals surface area contributed by atoms with Crippen LogP contribution in [0.1, 0.15) is 5.82 Å². The Hall–Kier alpha value is -2.86. The van der Waals surface area contributed by atoms with Crippen molar-refractivity contribution in [2.75, 3.05) is 11.9 Å². The van der Waals surface area contributed by atoms with E-state index < -0.39 is 5.91 Å². The zero-order valence-electron chi connectivity index (χ0n) is 12.8. The average Bonchev–Trinajstić information content (AvgIpc) is 2.99. The highest BCUT2D eigenvalue weighted by Crippen LogP contribution is 2.30. The van der Waals surface area contributed by atoms with Crippen LogP contribution >= 0.6 is 11.6 Å². The third-order valence-electron chi connectivity index (χ3n) is 3.17. The van der Waals surface area contributed by atoms with Crippen molar-refractivity contribution < 1.29 is 14.1 Å². The molecule has 0 bridgehead atoms. The molecule has 0 saturated heterocycles. The van der Waals surface area contributed by atoms with Crippen molar-refractivity contribution in [3.05, 3.63) is 59.4 Å². The van der Waals surface area contributed by atoms with Crippen molar-refractivity contribution in [1.82, 2.24) is 10.1 Å². The Labute approximate surface area is 143 Å². The first-order valence-electron chi connectivity index (χ1n) is 7.20. The molecule has 0 fully saturated rings. The van der Waals surface area contributed by atoms with Gasteiger partial charge in [-0.3, -0.25) is 10.1 Å². The van der Waals surface area contributed by atoms with Crippen molar-refractivity contribution in [3.8, 4) is 16.9 Å². The molecule has 0 aliphatic carbocycles. The molecule has 0 unspecified atom stereocenters. The molecule has 122 valence electrons. The molecule has 1 amide bonds. The maximum absolute atomic E-state index is 11.8. The number of benzene rings is 2. The van der Waals surface area contributed by atoms with Crippen LogP contribution in [0.4, 0.5) is 6.01 Å². The monoisotopic (exact) mass is 343 g/mol. The number of halogens is 1. The number of aromatic nitrogens is 2. The van der Waals surface area contributed by atoms with Crippen molar-refractivity contribution in [2.24, 2.45) is 0 Å². The largest absolute Gasteiger partial charge is 0.482 e. The second-order valence-corrected chi connectivity index (χ2v) is 5.40. The van der Waals surface area contributed by atoms with Crippen molar-refractivity contribution in [2.45, 2.75) is 6.92 Å². The number of nitrogens with one attached hydrogen (secondary N) is 1. The fraction of sp³-hybridized carbons (Fsp3) is 0.118. The SMILES string of the molecule is Cc1noc(NC(=O)COc2ccc(-c3ccccc3)cc2Cl)n1. The Kier molecular flexibility index (Phi) is 4.77. The van der Waals surface area contributed by atoms with Gasteiger partial charge in [-0.25, -0.2) is 0 Å². The lowest BCUT2D eigenvalue weighted by molar-refractivity contribution is -0.118. The number of anilines is 1. The van der Waals surface area contributed by atoms with E-state index in [0.29, 0.717) is 16.6 Å². The third kappa shape index (κ3) is 3.91. The standard InChI is InChI=1S/C17H14ClN3O3/c1-11-19-17(24-21-11)20-16(22)10-23-15-8-7-13(9-14(15)18)12-5-3-2-4-6-12/h2-9H,10H2,1H3,(H,19,20,21,22). The summed E-state index contributed by atoms with van der Waals surface area (Å²) in [6.45, 7) is 1.44. The molecule has 1 N–H and O–H groups in total. The van der Waals surface area contributed by atoms with Crippen molar-refractivity contribution >= 4 is 23.5 Å². The third-order valence-corrected chi connectivity index (χ3v) is 3.47. The molecule has 1 aromatic heterocycles. The lowest BCUT2D eigenvalue weighted by Crippen LogP contribution is -2.20. The summed E-state index contributed by atoms with van der Waals surface area (Å²) in [7, 11) is 0. The van der Waals surface area contributed by atoms with E-state index in [1.54, 1.807) is 19.1 Å². The van der Waals surface area contributed by atoms with E-state index in [-0.39, 0.29) is 12.6 Å². The Morgan fingerprint density at radius 3 is 2.67 bits per heavy atom. The highest BCUT2D eigenvalue weighted by atomic mass is 35.5. The van der Waals surface area contributed by atoms with Gasteiger partial charge in [-0.15, -0.1) is 0 Å². The van der Waals surface area contributed by atoms with Crippen molar-refractivity contribution in [1.29, 1.82) is 0 Å². The van der Waals surface area contributed by atoms with Gasteiger partial charge in [-0.05, 0) is 30.2 Å². The lowest BCUT2D eigenvalue weighted by atomic mass is 10.1. The van der Waals surface area contributed by atoms with Crippen LogP contribution in [-0.4, -0.2) is 22.7 Å². The smallest absolute Gasteiger partial charge is 0.328 e. The lowest BCUT2D eigenvalue weighted by Gasteiger charge is -2.09. The number of carbonyl (C=O) groups excluding carboxylic acids is 1. The van der Waals surface area contributed by atoms with Gasteiger partial charge < -0.3 is 9.26 Å². The van der Waals surface area contributed by atoms with Crippen LogP contribution < -0.4 is 10.1 Å². The van der Waals surface area contributed by atoms with Gasteiger partial charge in [-0.1, -0.05) is 53.2 Å². The van der Waals surface area contributed by atoms with Crippen LogP contribution in [-0.2, 0) is 4.79 Å². The second kappa shape index (κ2) is 7.14. The van der Waals surface area contributed by atoms with Crippen LogP contribution in [0.15, 0.2) is 53.1 Å². The minimum atomic E-state index is -0.415. The van der Waals surface area contributed by atoms with Gasteiger partial charge >= 0.3 is 6.01 Å².